The molecule has 0 saturated heterocycles. The minimum Gasteiger partial charge on any atom is -0.512 e. The molecule has 11 aromatic rings. The fourth-order valence-corrected chi connectivity index (χ4v) is 7.25. The van der Waals surface area contributed by atoms with Crippen molar-refractivity contribution in [2.75, 3.05) is 0 Å². The molecule has 15 heteroatoms. The Morgan fingerprint density at radius 2 is 1.09 bits per heavy atom. The summed E-state index contributed by atoms with van der Waals surface area (Å²) in [5, 5.41) is 21.5. The van der Waals surface area contributed by atoms with Crippen LogP contribution in [0.1, 0.15) is 24.3 Å². The summed E-state index contributed by atoms with van der Waals surface area (Å²) in [7, 11) is 7.74. The Balaban J connectivity index is 0.000000210. The van der Waals surface area contributed by atoms with Crippen LogP contribution in [0.5, 0.6) is 0 Å². The predicted octanol–water partition coefficient (Wildman–Crippen LogP) is 13.9. The molecule has 5 aromatic heterocycles. The number of fused-ring (bicyclic) bond motifs is 2. The second-order valence-corrected chi connectivity index (χ2v) is 16.4. The van der Waals surface area contributed by atoms with Crippen molar-refractivity contribution in [1.29, 1.82) is 0 Å². The molecule has 0 aliphatic carbocycles. The number of carboxylic acids is 1. The van der Waals surface area contributed by atoms with E-state index in [0.29, 0.717) is 11.4 Å². The molecule has 402 valence electrons. The zero-order chi connectivity index (χ0) is 55.8. The van der Waals surface area contributed by atoms with Gasteiger partial charge in [-0.25, -0.2) is 9.78 Å². The molecule has 11 rings (SSSR count). The maximum atomic E-state index is 13.4. The third-order valence-electron chi connectivity index (χ3n) is 10.7. The van der Waals surface area contributed by atoms with Crippen LogP contribution in [0.25, 0.3) is 66.6 Å². The van der Waals surface area contributed by atoms with Crippen molar-refractivity contribution < 1.29 is 86.7 Å². The van der Waals surface area contributed by atoms with Gasteiger partial charge in [-0.1, -0.05) is 102 Å². The summed E-state index contributed by atoms with van der Waals surface area (Å²) in [6.07, 6.45) is 9.68. The number of carboxylic acid groups (broad SMARTS) is 1. The molecule has 0 saturated carbocycles. The van der Waals surface area contributed by atoms with Gasteiger partial charge in [0.15, 0.2) is 5.78 Å². The topological polar surface area (TPSA) is 121 Å². The molecular weight excluding hydrogens is 1380 g/mol. The molecule has 0 fully saturated rings. The van der Waals surface area contributed by atoms with Gasteiger partial charge in [0.25, 0.3) is 0 Å². The molecule has 2 N–H and O–H groups in total. The second-order valence-electron chi connectivity index (χ2n) is 16.4. The SMILES string of the molecule is CC(=O)C=C(C)O.Fc1c[c-]c(-c2ccccn2)c(F)c1.O=C(O)c1ccccn1.[CH2-][n+]1ccc2ccccc2c1-c1[c-]cccc1.[CH2-][n+]1ccccc1-c1[c-]cc(F)cc1F.[Ir+3].[Ir+3].[c-]1ccccc1-c1nccc2ccccc12. The van der Waals surface area contributed by atoms with E-state index in [2.05, 4.69) is 95.8 Å². The number of aliphatic hydroxyl groups is 1. The number of ketones is 1. The van der Waals surface area contributed by atoms with Crippen molar-refractivity contribution in [2.24, 2.45) is 0 Å². The van der Waals surface area contributed by atoms with Crippen LogP contribution in [-0.2, 0) is 45.0 Å². The van der Waals surface area contributed by atoms with Crippen LogP contribution in [0.15, 0.2) is 231 Å². The van der Waals surface area contributed by atoms with E-state index >= 15 is 0 Å². The molecule has 6 aromatic carbocycles. The van der Waals surface area contributed by atoms with E-state index in [0.717, 1.165) is 46.8 Å². The summed E-state index contributed by atoms with van der Waals surface area (Å²) < 4.78 is 55.3. The maximum Gasteiger partial charge on any atom is 3.00 e. The van der Waals surface area contributed by atoms with Gasteiger partial charge >= 0.3 is 46.2 Å². The number of nitrogens with zero attached hydrogens (tertiary/aromatic N) is 5. The molecule has 0 spiro atoms. The molecule has 0 radical (unpaired) electrons. The van der Waals surface area contributed by atoms with Crippen LogP contribution < -0.4 is 9.13 Å². The standard InChI is InChI=1S/C16H12N.C15H10N.C12H8F2N.C11H6F2N.C6H5NO2.C5H8O2.2Ir/c1-17-12-11-13-7-5-6-10-15(13)16(17)14-8-3-2-4-9-14;1-2-7-13(8-3-1)15-14-9-5-4-6-12(14)10-11-16-15;1-15-7-3-2-4-12(15)10-6-5-9(13)8-11(10)14;12-8-4-5-9(10(13)7-8)11-3-1-2-6-14-11;8-6(9)5-3-1-2-4-7-5;1-4(6)3-5(2)7;;/h2-8,10-12H,1H2;1-7,9-11H;2-5,7-8H,1H2;1-4,6-7H;1-4H,(H,8,9);3,6H,1-2H3;;/q4*-1;;;2*+3. The molecule has 0 atom stereocenters. The molecule has 0 aliphatic rings. The molecule has 0 unspecified atom stereocenters. The van der Waals surface area contributed by atoms with Crippen LogP contribution in [-0.4, -0.2) is 36.9 Å². The Hall–Kier alpha value is -8.97. The normalized spacial score (nSPS) is 10.1. The fourth-order valence-electron chi connectivity index (χ4n) is 7.25. The van der Waals surface area contributed by atoms with Gasteiger partial charge in [0.05, 0.1) is 18.2 Å². The molecule has 0 amide bonds. The first kappa shape index (κ1) is 63.6. The van der Waals surface area contributed by atoms with Crippen molar-refractivity contribution in [1.82, 2.24) is 15.0 Å². The fraction of sp³-hybridized carbons (Fsp3) is 0.0308. The van der Waals surface area contributed by atoms with Gasteiger partial charge in [-0.15, -0.1) is 90.5 Å². The number of carbonyl (C=O) groups is 2. The Kier molecular flexibility index (Phi) is 26.0. The second kappa shape index (κ2) is 32.7. The minimum absolute atomic E-state index is 0. The van der Waals surface area contributed by atoms with E-state index in [-0.39, 0.29) is 68.6 Å². The number of aromatic carboxylic acids is 1. The van der Waals surface area contributed by atoms with E-state index in [9.17, 15) is 27.2 Å². The number of hydrogen-bond donors (Lipinski definition) is 2. The Bertz CT molecular complexity index is 3740. The van der Waals surface area contributed by atoms with Gasteiger partial charge in [0.2, 0.25) is 0 Å². The van der Waals surface area contributed by atoms with Crippen LogP contribution in [0, 0.1) is 61.6 Å². The van der Waals surface area contributed by atoms with Gasteiger partial charge in [-0.2, -0.15) is 0 Å². The molecule has 5 heterocycles. The number of allylic oxidation sites excluding steroid dienone is 2. The summed E-state index contributed by atoms with van der Waals surface area (Å²) in [6.45, 7) is 2.85. The quantitative estimate of drug-likeness (QED) is 0.0559. The third kappa shape index (κ3) is 19.2. The van der Waals surface area contributed by atoms with E-state index in [1.165, 1.54) is 58.3 Å². The van der Waals surface area contributed by atoms with E-state index < -0.39 is 29.2 Å². The number of aromatic nitrogens is 5. The van der Waals surface area contributed by atoms with Gasteiger partial charge in [0.1, 0.15) is 17.1 Å². The summed E-state index contributed by atoms with van der Waals surface area (Å²) in [5.74, 6) is -3.62. The van der Waals surface area contributed by atoms with Gasteiger partial charge < -0.3 is 29.3 Å². The largest absolute Gasteiger partial charge is 3.00 e. The number of rotatable bonds is 6. The number of hydrogen-bond acceptors (Lipinski definition) is 6. The minimum atomic E-state index is -0.990. The average molecular weight is 1420 g/mol. The molecular formula is C65H49F4Ir2N5O4+2. The predicted molar refractivity (Wildman–Crippen MR) is 293 cm³/mol. The van der Waals surface area contributed by atoms with Crippen LogP contribution in [0.2, 0.25) is 0 Å². The van der Waals surface area contributed by atoms with E-state index in [1.54, 1.807) is 60.9 Å². The number of aliphatic hydroxyl groups excluding tert-OH is 1. The van der Waals surface area contributed by atoms with Gasteiger partial charge in [-0.05, 0) is 83.4 Å². The summed E-state index contributed by atoms with van der Waals surface area (Å²) >= 11 is 0. The van der Waals surface area contributed by atoms with Crippen molar-refractivity contribution in [3.05, 3.63) is 298 Å². The molecule has 9 nitrogen and oxygen atoms in total. The summed E-state index contributed by atoms with van der Waals surface area (Å²) in [4.78, 5) is 32.1. The smallest absolute Gasteiger partial charge is 0.512 e. The van der Waals surface area contributed by atoms with Gasteiger partial charge in [0, 0.05) is 67.4 Å². The van der Waals surface area contributed by atoms with Crippen LogP contribution in [0.4, 0.5) is 17.6 Å². The number of halogens is 4. The van der Waals surface area contributed by atoms with Crippen molar-refractivity contribution in [3.8, 4) is 45.0 Å². The first-order valence-corrected chi connectivity index (χ1v) is 23.7. The first-order valence-electron chi connectivity index (χ1n) is 23.7. The number of pyridine rings is 5. The van der Waals surface area contributed by atoms with Gasteiger partial charge in [-0.3, -0.25) is 22.4 Å². The summed E-state index contributed by atoms with van der Waals surface area (Å²) in [6, 6.07) is 67.1. The number of benzene rings is 6. The Morgan fingerprint density at radius 3 is 1.60 bits per heavy atom. The Labute approximate surface area is 489 Å². The monoisotopic (exact) mass is 1430 g/mol. The third-order valence-corrected chi connectivity index (χ3v) is 10.7. The Morgan fingerprint density at radius 1 is 0.537 bits per heavy atom. The van der Waals surface area contributed by atoms with Crippen molar-refractivity contribution in [2.45, 2.75) is 13.8 Å². The van der Waals surface area contributed by atoms with E-state index in [4.69, 9.17) is 10.2 Å². The van der Waals surface area contributed by atoms with Crippen LogP contribution in [0.3, 0.4) is 0 Å². The maximum absolute atomic E-state index is 13.4. The van der Waals surface area contributed by atoms with Crippen LogP contribution >= 0.6 is 0 Å². The van der Waals surface area contributed by atoms with Crippen molar-refractivity contribution in [3.63, 3.8) is 0 Å². The average Bonchev–Trinajstić information content (AvgIpc) is 3.45. The zero-order valence-electron chi connectivity index (χ0n) is 42.9. The molecule has 0 aliphatic heterocycles. The zero-order valence-corrected chi connectivity index (χ0v) is 47.7. The summed E-state index contributed by atoms with van der Waals surface area (Å²) in [5.41, 5.74) is 5.69. The molecule has 0 bridgehead atoms. The van der Waals surface area contributed by atoms with E-state index in [1.807, 2.05) is 83.7 Å². The molecule has 80 heavy (non-hydrogen) atoms. The van der Waals surface area contributed by atoms with Crippen molar-refractivity contribution >= 4 is 33.3 Å². The number of carbonyl (C=O) groups excluding carboxylic acids is 1. The first-order chi connectivity index (χ1) is 37.7.